The van der Waals surface area contributed by atoms with Gasteiger partial charge in [0.1, 0.15) is 0 Å². The Morgan fingerprint density at radius 3 is 2.56 bits per heavy atom. The number of nitrogens with one attached hydrogen (secondary N) is 1. The first-order chi connectivity index (χ1) is 8.61. The van der Waals surface area contributed by atoms with E-state index in [2.05, 4.69) is 38.2 Å². The second-order valence-electron chi connectivity index (χ2n) is 5.72. The van der Waals surface area contributed by atoms with Crippen molar-refractivity contribution in [2.24, 2.45) is 5.92 Å². The predicted octanol–water partition coefficient (Wildman–Crippen LogP) is 2.86. The van der Waals surface area contributed by atoms with Crippen LogP contribution in [0.25, 0.3) is 0 Å². The van der Waals surface area contributed by atoms with Crippen molar-refractivity contribution in [3.05, 3.63) is 34.4 Å². The molecule has 2 unspecified atom stereocenters. The van der Waals surface area contributed by atoms with Gasteiger partial charge in [-0.3, -0.25) is 0 Å². The van der Waals surface area contributed by atoms with Gasteiger partial charge in [0.25, 0.3) is 0 Å². The van der Waals surface area contributed by atoms with Crippen LogP contribution in [0.2, 0.25) is 0 Å². The molecule has 0 aliphatic heterocycles. The van der Waals surface area contributed by atoms with E-state index in [0.29, 0.717) is 18.6 Å². The van der Waals surface area contributed by atoms with Gasteiger partial charge in [-0.15, -0.1) is 0 Å². The third kappa shape index (κ3) is 2.93. The molecule has 1 aromatic carbocycles. The Balaban J connectivity index is 2.00. The summed E-state index contributed by atoms with van der Waals surface area (Å²) in [5.74, 6) is 0.455. The summed E-state index contributed by atoms with van der Waals surface area (Å²) in [6.07, 6.45) is 3.62. The lowest BCUT2D eigenvalue weighted by Crippen LogP contribution is -2.33. The van der Waals surface area contributed by atoms with E-state index >= 15 is 0 Å². The molecule has 0 amide bonds. The lowest BCUT2D eigenvalue weighted by atomic mass is 9.99. The zero-order valence-electron chi connectivity index (χ0n) is 11.8. The normalized spacial score (nSPS) is 23.6. The molecule has 1 aliphatic carbocycles. The van der Waals surface area contributed by atoms with Crippen molar-refractivity contribution in [1.29, 1.82) is 0 Å². The van der Waals surface area contributed by atoms with Gasteiger partial charge in [-0.1, -0.05) is 18.6 Å². The molecule has 2 nitrogen and oxygen atoms in total. The summed E-state index contributed by atoms with van der Waals surface area (Å²) in [5.41, 5.74) is 5.48. The molecule has 0 aromatic heterocycles. The molecule has 2 rings (SSSR count). The minimum Gasteiger partial charge on any atom is -0.396 e. The summed E-state index contributed by atoms with van der Waals surface area (Å²) in [7, 11) is 0. The molecule has 1 saturated carbocycles. The number of aliphatic hydroxyl groups is 1. The van der Waals surface area contributed by atoms with E-state index in [9.17, 15) is 5.11 Å². The van der Waals surface area contributed by atoms with Gasteiger partial charge in [0, 0.05) is 19.2 Å². The number of benzene rings is 1. The maximum Gasteiger partial charge on any atom is 0.0474 e. The highest BCUT2D eigenvalue weighted by Crippen LogP contribution is 2.25. The summed E-state index contributed by atoms with van der Waals surface area (Å²) in [6.45, 7) is 7.77. The van der Waals surface area contributed by atoms with Crippen molar-refractivity contribution in [3.63, 3.8) is 0 Å². The van der Waals surface area contributed by atoms with E-state index in [0.717, 1.165) is 6.54 Å². The zero-order valence-corrected chi connectivity index (χ0v) is 11.8. The number of hydrogen-bond donors (Lipinski definition) is 2. The molecule has 1 aromatic rings. The molecule has 2 heteroatoms. The first kappa shape index (κ1) is 13.6. The summed E-state index contributed by atoms with van der Waals surface area (Å²) in [5, 5.41) is 13.0. The molecule has 1 aliphatic rings. The van der Waals surface area contributed by atoms with E-state index in [1.165, 1.54) is 41.5 Å². The Labute approximate surface area is 110 Å². The molecular formula is C16H25NO. The summed E-state index contributed by atoms with van der Waals surface area (Å²) in [4.78, 5) is 0. The van der Waals surface area contributed by atoms with Gasteiger partial charge in [-0.05, 0) is 61.8 Å². The smallest absolute Gasteiger partial charge is 0.0474 e. The fourth-order valence-electron chi connectivity index (χ4n) is 2.98. The van der Waals surface area contributed by atoms with Crippen LogP contribution in [0.15, 0.2) is 12.1 Å². The third-order valence-electron chi connectivity index (χ3n) is 4.40. The first-order valence-electron chi connectivity index (χ1n) is 7.02. The van der Waals surface area contributed by atoms with Crippen molar-refractivity contribution in [2.75, 3.05) is 6.61 Å². The summed E-state index contributed by atoms with van der Waals surface area (Å²) >= 11 is 0. The van der Waals surface area contributed by atoms with Crippen LogP contribution in [0.5, 0.6) is 0 Å². The second-order valence-corrected chi connectivity index (χ2v) is 5.72. The van der Waals surface area contributed by atoms with E-state index in [-0.39, 0.29) is 0 Å². The quantitative estimate of drug-likeness (QED) is 0.857. The van der Waals surface area contributed by atoms with Crippen LogP contribution < -0.4 is 5.32 Å². The molecule has 1 fully saturated rings. The fourth-order valence-corrected chi connectivity index (χ4v) is 2.98. The van der Waals surface area contributed by atoms with Crippen molar-refractivity contribution in [2.45, 2.75) is 52.6 Å². The highest BCUT2D eigenvalue weighted by Gasteiger charge is 2.25. The number of hydrogen-bond acceptors (Lipinski definition) is 2. The summed E-state index contributed by atoms with van der Waals surface area (Å²) in [6, 6.07) is 5.06. The second kappa shape index (κ2) is 5.85. The van der Waals surface area contributed by atoms with Crippen molar-refractivity contribution in [3.8, 4) is 0 Å². The van der Waals surface area contributed by atoms with Gasteiger partial charge in [-0.2, -0.15) is 0 Å². The maximum absolute atomic E-state index is 9.33. The Hall–Kier alpha value is -0.860. The Bertz CT molecular complexity index is 414. The van der Waals surface area contributed by atoms with Crippen molar-refractivity contribution in [1.82, 2.24) is 5.32 Å². The first-order valence-corrected chi connectivity index (χ1v) is 7.02. The van der Waals surface area contributed by atoms with Crippen LogP contribution in [-0.2, 0) is 6.54 Å². The third-order valence-corrected chi connectivity index (χ3v) is 4.40. The average molecular weight is 247 g/mol. The summed E-state index contributed by atoms with van der Waals surface area (Å²) < 4.78 is 0. The Kier molecular flexibility index (Phi) is 4.41. The van der Waals surface area contributed by atoms with Crippen LogP contribution in [0, 0.1) is 26.7 Å². The van der Waals surface area contributed by atoms with Crippen LogP contribution in [0.1, 0.15) is 41.5 Å². The monoisotopic (exact) mass is 247 g/mol. The van der Waals surface area contributed by atoms with E-state index in [1.807, 2.05) is 0 Å². The molecule has 0 spiro atoms. The van der Waals surface area contributed by atoms with Gasteiger partial charge in [-0.25, -0.2) is 0 Å². The molecule has 2 N–H and O–H groups in total. The molecule has 100 valence electrons. The van der Waals surface area contributed by atoms with Crippen LogP contribution >= 0.6 is 0 Å². The SMILES string of the molecule is Cc1cc(C)c(CNC2CCCC2CO)cc1C. The molecule has 18 heavy (non-hydrogen) atoms. The molecule has 0 radical (unpaired) electrons. The molecule has 0 bridgehead atoms. The van der Waals surface area contributed by atoms with Crippen molar-refractivity contribution >= 4 is 0 Å². The number of rotatable bonds is 4. The zero-order chi connectivity index (χ0) is 13.1. The fraction of sp³-hybridized carbons (Fsp3) is 0.625. The minimum atomic E-state index is 0.323. The van der Waals surface area contributed by atoms with Crippen LogP contribution in [-0.4, -0.2) is 17.8 Å². The standard InChI is InChI=1S/C16H25NO/c1-11-7-13(3)15(8-12(11)2)9-17-16-6-4-5-14(16)10-18/h7-8,14,16-18H,4-6,9-10H2,1-3H3. The van der Waals surface area contributed by atoms with Gasteiger partial charge >= 0.3 is 0 Å². The lowest BCUT2D eigenvalue weighted by Gasteiger charge is -2.20. The van der Waals surface area contributed by atoms with Gasteiger partial charge < -0.3 is 10.4 Å². The lowest BCUT2D eigenvalue weighted by molar-refractivity contribution is 0.205. The Morgan fingerprint density at radius 1 is 1.11 bits per heavy atom. The van der Waals surface area contributed by atoms with E-state index in [4.69, 9.17) is 0 Å². The molecule has 0 saturated heterocycles. The van der Waals surface area contributed by atoms with Crippen LogP contribution in [0.4, 0.5) is 0 Å². The van der Waals surface area contributed by atoms with E-state index in [1.54, 1.807) is 0 Å². The highest BCUT2D eigenvalue weighted by molar-refractivity contribution is 5.36. The predicted molar refractivity (Wildman–Crippen MR) is 75.7 cm³/mol. The average Bonchev–Trinajstić information content (AvgIpc) is 2.79. The van der Waals surface area contributed by atoms with Gasteiger partial charge in [0.15, 0.2) is 0 Å². The van der Waals surface area contributed by atoms with Gasteiger partial charge in [0.05, 0.1) is 0 Å². The van der Waals surface area contributed by atoms with Crippen molar-refractivity contribution < 1.29 is 5.11 Å². The van der Waals surface area contributed by atoms with Gasteiger partial charge in [0.2, 0.25) is 0 Å². The topological polar surface area (TPSA) is 32.3 Å². The minimum absolute atomic E-state index is 0.323. The highest BCUT2D eigenvalue weighted by atomic mass is 16.3. The van der Waals surface area contributed by atoms with Crippen LogP contribution in [0.3, 0.4) is 0 Å². The number of aliphatic hydroxyl groups excluding tert-OH is 1. The Morgan fingerprint density at radius 2 is 1.83 bits per heavy atom. The van der Waals surface area contributed by atoms with E-state index < -0.39 is 0 Å². The number of aryl methyl sites for hydroxylation is 3. The molecule has 2 atom stereocenters. The molecular weight excluding hydrogens is 222 g/mol. The molecule has 0 heterocycles. The largest absolute Gasteiger partial charge is 0.396 e. The maximum atomic E-state index is 9.33.